The van der Waals surface area contributed by atoms with Gasteiger partial charge in [0.05, 0.1) is 5.02 Å². The normalized spacial score (nSPS) is 12.7. The smallest absolute Gasteiger partial charge is 0.407 e. The minimum absolute atomic E-state index is 0.0467. The van der Waals surface area contributed by atoms with Crippen LogP contribution in [0, 0.1) is 0 Å². The summed E-state index contributed by atoms with van der Waals surface area (Å²) in [6, 6.07) is 32.9. The van der Waals surface area contributed by atoms with Gasteiger partial charge in [-0.3, -0.25) is 0 Å². The molecule has 0 unspecified atom stereocenters. The van der Waals surface area contributed by atoms with Crippen LogP contribution in [0.3, 0.4) is 0 Å². The molecule has 0 saturated heterocycles. The zero-order chi connectivity index (χ0) is 24.5. The Hall–Kier alpha value is -4.08. The second kappa shape index (κ2) is 9.52. The lowest BCUT2D eigenvalue weighted by molar-refractivity contribution is 0.144. The number of amides is 1. The Labute approximate surface area is 215 Å². The SMILES string of the molecule is O=C(NCC=Cc1c2ccccc2c(Cl)c2ccccc12)OCC1c2ccccc2-c2ccccc21. The maximum Gasteiger partial charge on any atom is 0.407 e. The Morgan fingerprint density at radius 3 is 1.83 bits per heavy atom. The molecule has 0 saturated carbocycles. The molecule has 36 heavy (non-hydrogen) atoms. The number of ether oxygens (including phenoxy) is 1. The highest BCUT2D eigenvalue weighted by Gasteiger charge is 2.28. The first kappa shape index (κ1) is 22.4. The first-order valence-electron chi connectivity index (χ1n) is 12.1. The second-order valence-corrected chi connectivity index (χ2v) is 9.31. The topological polar surface area (TPSA) is 38.3 Å². The van der Waals surface area contributed by atoms with Gasteiger partial charge in [0.25, 0.3) is 0 Å². The van der Waals surface area contributed by atoms with Crippen LogP contribution in [0.15, 0.2) is 103 Å². The van der Waals surface area contributed by atoms with Crippen molar-refractivity contribution in [2.45, 2.75) is 5.92 Å². The van der Waals surface area contributed by atoms with Crippen molar-refractivity contribution in [3.63, 3.8) is 0 Å². The van der Waals surface area contributed by atoms with Crippen LogP contribution in [0.25, 0.3) is 38.7 Å². The van der Waals surface area contributed by atoms with E-state index < -0.39 is 6.09 Å². The first-order chi connectivity index (χ1) is 17.7. The number of alkyl carbamates (subject to hydrolysis) is 1. The molecular weight excluding hydrogens is 466 g/mol. The molecule has 3 nitrogen and oxygen atoms in total. The fourth-order valence-electron chi connectivity index (χ4n) is 5.26. The molecule has 176 valence electrons. The van der Waals surface area contributed by atoms with Crippen molar-refractivity contribution < 1.29 is 9.53 Å². The lowest BCUT2D eigenvalue weighted by Gasteiger charge is -2.14. The molecule has 0 atom stereocenters. The maximum atomic E-state index is 12.5. The molecule has 1 aliphatic rings. The Morgan fingerprint density at radius 2 is 1.25 bits per heavy atom. The molecule has 1 amide bonds. The van der Waals surface area contributed by atoms with E-state index in [1.807, 2.05) is 72.8 Å². The number of hydrogen-bond donors (Lipinski definition) is 1. The van der Waals surface area contributed by atoms with Gasteiger partial charge in [0.1, 0.15) is 6.61 Å². The third-order valence-electron chi connectivity index (χ3n) is 6.90. The summed E-state index contributed by atoms with van der Waals surface area (Å²) in [5.41, 5.74) is 5.92. The summed E-state index contributed by atoms with van der Waals surface area (Å²) in [5.74, 6) is 0.0467. The summed E-state index contributed by atoms with van der Waals surface area (Å²) in [7, 11) is 0. The third kappa shape index (κ3) is 3.92. The predicted octanol–water partition coefficient (Wildman–Crippen LogP) is 8.20. The van der Waals surface area contributed by atoms with E-state index >= 15 is 0 Å². The minimum Gasteiger partial charge on any atom is -0.449 e. The highest BCUT2D eigenvalue weighted by molar-refractivity contribution is 6.41. The van der Waals surface area contributed by atoms with Crippen LogP contribution in [0.2, 0.25) is 5.02 Å². The lowest BCUT2D eigenvalue weighted by Crippen LogP contribution is -2.26. The van der Waals surface area contributed by atoms with E-state index in [-0.39, 0.29) is 5.92 Å². The van der Waals surface area contributed by atoms with Crippen LogP contribution in [0.1, 0.15) is 22.6 Å². The van der Waals surface area contributed by atoms with E-state index in [1.165, 1.54) is 22.3 Å². The number of nitrogens with one attached hydrogen (secondary N) is 1. The molecule has 0 aromatic heterocycles. The molecule has 0 radical (unpaired) electrons. The summed E-state index contributed by atoms with van der Waals surface area (Å²) >= 11 is 6.70. The lowest BCUT2D eigenvalue weighted by atomic mass is 9.96. The van der Waals surface area contributed by atoms with Crippen LogP contribution in [0.5, 0.6) is 0 Å². The van der Waals surface area contributed by atoms with Crippen molar-refractivity contribution in [1.29, 1.82) is 0 Å². The van der Waals surface area contributed by atoms with Gasteiger partial charge >= 0.3 is 6.09 Å². The number of rotatable bonds is 5. The monoisotopic (exact) mass is 489 g/mol. The second-order valence-electron chi connectivity index (χ2n) is 8.93. The van der Waals surface area contributed by atoms with Gasteiger partial charge < -0.3 is 10.1 Å². The van der Waals surface area contributed by atoms with Gasteiger partial charge in [0, 0.05) is 23.2 Å². The molecule has 1 aliphatic carbocycles. The van der Waals surface area contributed by atoms with Gasteiger partial charge in [-0.05, 0) is 38.6 Å². The van der Waals surface area contributed by atoms with Crippen LogP contribution in [-0.4, -0.2) is 19.2 Å². The van der Waals surface area contributed by atoms with E-state index in [1.54, 1.807) is 0 Å². The van der Waals surface area contributed by atoms with Crippen molar-refractivity contribution in [2.75, 3.05) is 13.2 Å². The van der Waals surface area contributed by atoms with Crippen molar-refractivity contribution in [3.8, 4) is 11.1 Å². The third-order valence-corrected chi connectivity index (χ3v) is 7.31. The van der Waals surface area contributed by atoms with E-state index in [4.69, 9.17) is 16.3 Å². The van der Waals surface area contributed by atoms with E-state index in [0.29, 0.717) is 13.2 Å². The quantitative estimate of drug-likeness (QED) is 0.253. The average Bonchev–Trinajstić information content (AvgIpc) is 3.25. The Kier molecular flexibility index (Phi) is 5.92. The van der Waals surface area contributed by atoms with Crippen molar-refractivity contribution in [3.05, 3.63) is 125 Å². The van der Waals surface area contributed by atoms with Gasteiger partial charge in [-0.1, -0.05) is 121 Å². The Morgan fingerprint density at radius 1 is 0.750 bits per heavy atom. The first-order valence-corrected chi connectivity index (χ1v) is 12.4. The number of carbonyl (C=O) groups excluding carboxylic acids is 1. The summed E-state index contributed by atoms with van der Waals surface area (Å²) in [4.78, 5) is 12.5. The molecule has 4 heteroatoms. The molecule has 0 spiro atoms. The standard InChI is InChI=1S/C32H24ClNO2/c33-31-28-16-7-5-12-24(28)23(25-13-6-8-17-29(25)31)18-9-19-34-32(35)36-20-30-26-14-3-1-10-21(26)22-11-2-4-15-27(22)30/h1-18,30H,19-20H2,(H,34,35). The van der Waals surface area contributed by atoms with Gasteiger partial charge in [0.2, 0.25) is 0 Å². The number of fused-ring (bicyclic) bond motifs is 5. The molecular formula is C32H24ClNO2. The minimum atomic E-state index is -0.424. The summed E-state index contributed by atoms with van der Waals surface area (Å²) < 4.78 is 5.65. The summed E-state index contributed by atoms with van der Waals surface area (Å²) in [6.45, 7) is 0.665. The fraction of sp³-hybridized carbons (Fsp3) is 0.0938. The summed E-state index contributed by atoms with van der Waals surface area (Å²) in [5, 5.41) is 7.81. The molecule has 0 aliphatic heterocycles. The number of hydrogen-bond acceptors (Lipinski definition) is 2. The number of carbonyl (C=O) groups is 1. The van der Waals surface area contributed by atoms with Crippen molar-refractivity contribution in [1.82, 2.24) is 5.32 Å². The summed E-state index contributed by atoms with van der Waals surface area (Å²) in [6.07, 6.45) is 3.57. The van der Waals surface area contributed by atoms with E-state index in [0.717, 1.165) is 32.1 Å². The van der Waals surface area contributed by atoms with Crippen LogP contribution in [-0.2, 0) is 4.74 Å². The van der Waals surface area contributed by atoms with E-state index in [9.17, 15) is 4.79 Å². The van der Waals surface area contributed by atoms with Crippen molar-refractivity contribution in [2.24, 2.45) is 0 Å². The van der Waals surface area contributed by atoms with Gasteiger partial charge in [0.15, 0.2) is 0 Å². The molecule has 6 rings (SSSR count). The van der Waals surface area contributed by atoms with Gasteiger partial charge in [-0.25, -0.2) is 4.79 Å². The number of halogens is 1. The molecule has 1 N–H and O–H groups in total. The predicted molar refractivity (Wildman–Crippen MR) is 149 cm³/mol. The highest BCUT2D eigenvalue weighted by atomic mass is 35.5. The van der Waals surface area contributed by atoms with Gasteiger partial charge in [-0.15, -0.1) is 0 Å². The highest BCUT2D eigenvalue weighted by Crippen LogP contribution is 2.44. The maximum absolute atomic E-state index is 12.5. The number of benzene rings is 5. The van der Waals surface area contributed by atoms with Crippen LogP contribution < -0.4 is 5.32 Å². The molecule has 5 aromatic carbocycles. The molecule has 0 fully saturated rings. The molecule has 5 aromatic rings. The Balaban J connectivity index is 1.15. The molecule has 0 heterocycles. The van der Waals surface area contributed by atoms with Crippen LogP contribution in [0.4, 0.5) is 4.79 Å². The Bertz CT molecular complexity index is 1540. The zero-order valence-electron chi connectivity index (χ0n) is 19.6. The van der Waals surface area contributed by atoms with Crippen molar-refractivity contribution >= 4 is 45.3 Å². The zero-order valence-corrected chi connectivity index (χ0v) is 20.3. The largest absolute Gasteiger partial charge is 0.449 e. The average molecular weight is 490 g/mol. The van der Waals surface area contributed by atoms with E-state index in [2.05, 4.69) is 41.7 Å². The van der Waals surface area contributed by atoms with Crippen LogP contribution >= 0.6 is 11.6 Å². The van der Waals surface area contributed by atoms with Gasteiger partial charge in [-0.2, -0.15) is 0 Å². The molecule has 0 bridgehead atoms. The fourth-order valence-corrected chi connectivity index (χ4v) is 5.59.